The van der Waals surface area contributed by atoms with Crippen molar-refractivity contribution in [1.29, 1.82) is 0 Å². The van der Waals surface area contributed by atoms with Crippen LogP contribution in [0.4, 0.5) is 4.39 Å². The molecule has 22 heavy (non-hydrogen) atoms. The number of carbonyl (C=O) groups excluding carboxylic acids is 1. The summed E-state index contributed by atoms with van der Waals surface area (Å²) in [6.45, 7) is 7.72. The van der Waals surface area contributed by atoms with Crippen LogP contribution in [0.2, 0.25) is 0 Å². The molecule has 0 aliphatic carbocycles. The lowest BCUT2D eigenvalue weighted by molar-refractivity contribution is 0.00578. The molecule has 1 aliphatic rings. The van der Waals surface area contributed by atoms with Crippen molar-refractivity contribution in [2.75, 3.05) is 7.11 Å². The summed E-state index contributed by atoms with van der Waals surface area (Å²) in [5.41, 5.74) is -0.225. The number of carbonyl (C=O) groups is 1. The summed E-state index contributed by atoms with van der Waals surface area (Å²) in [6.07, 6.45) is 0. The van der Waals surface area contributed by atoms with Crippen LogP contribution in [0.15, 0.2) is 12.1 Å². The number of methoxy groups -OCH3 is 1. The number of rotatable bonds is 3. The van der Waals surface area contributed by atoms with Crippen LogP contribution < -0.4 is 5.46 Å². The summed E-state index contributed by atoms with van der Waals surface area (Å²) >= 11 is 3.27. The van der Waals surface area contributed by atoms with E-state index in [0.717, 1.165) is 0 Å². The first-order valence-corrected chi connectivity index (χ1v) is 8.08. The van der Waals surface area contributed by atoms with Crippen LogP contribution in [0.1, 0.15) is 43.6 Å². The third kappa shape index (κ3) is 2.82. The molecule has 0 saturated carbocycles. The Kier molecular flexibility index (Phi) is 4.71. The summed E-state index contributed by atoms with van der Waals surface area (Å²) in [7, 11) is 0.538. The minimum atomic E-state index is -0.708. The minimum absolute atomic E-state index is 0.0998. The number of ether oxygens (including phenoxy) is 1. The predicted octanol–water partition coefficient (Wildman–Crippen LogP) is 2.81. The van der Waals surface area contributed by atoms with Gasteiger partial charge in [-0.15, -0.1) is 0 Å². The van der Waals surface area contributed by atoms with Crippen molar-refractivity contribution >= 4 is 34.5 Å². The molecule has 1 aliphatic heterocycles. The lowest BCUT2D eigenvalue weighted by Gasteiger charge is -2.32. The monoisotopic (exact) mass is 372 g/mol. The minimum Gasteiger partial charge on any atom is -0.465 e. The van der Waals surface area contributed by atoms with E-state index in [0.29, 0.717) is 11.0 Å². The number of halogens is 2. The molecule has 1 heterocycles. The highest BCUT2D eigenvalue weighted by Crippen LogP contribution is 2.37. The van der Waals surface area contributed by atoms with E-state index in [1.807, 2.05) is 27.7 Å². The molecule has 1 fully saturated rings. The van der Waals surface area contributed by atoms with E-state index in [9.17, 15) is 9.18 Å². The Labute approximate surface area is 138 Å². The van der Waals surface area contributed by atoms with Gasteiger partial charge in [-0.2, -0.15) is 0 Å². The summed E-state index contributed by atoms with van der Waals surface area (Å²) < 4.78 is 31.1. The van der Waals surface area contributed by atoms with Crippen molar-refractivity contribution < 1.29 is 23.2 Å². The number of benzene rings is 1. The van der Waals surface area contributed by atoms with E-state index in [1.54, 1.807) is 6.07 Å². The van der Waals surface area contributed by atoms with Crippen molar-refractivity contribution in [3.8, 4) is 0 Å². The molecule has 0 aromatic heterocycles. The molecule has 0 spiro atoms. The van der Waals surface area contributed by atoms with Gasteiger partial charge in [0.1, 0.15) is 5.82 Å². The molecule has 1 aromatic rings. The van der Waals surface area contributed by atoms with Gasteiger partial charge in [0.05, 0.1) is 23.9 Å². The van der Waals surface area contributed by atoms with E-state index in [-0.39, 0.29) is 10.9 Å². The number of hydrogen-bond donors (Lipinski definition) is 0. The number of esters is 1. The van der Waals surface area contributed by atoms with Gasteiger partial charge >= 0.3 is 13.1 Å². The van der Waals surface area contributed by atoms with Gasteiger partial charge in [0.25, 0.3) is 0 Å². The first-order valence-electron chi connectivity index (χ1n) is 6.96. The van der Waals surface area contributed by atoms with Crippen molar-refractivity contribution in [1.82, 2.24) is 0 Å². The molecule has 4 nitrogen and oxygen atoms in total. The van der Waals surface area contributed by atoms with Gasteiger partial charge < -0.3 is 14.0 Å². The van der Waals surface area contributed by atoms with Crippen LogP contribution in [0.25, 0.3) is 0 Å². The fourth-order valence-corrected chi connectivity index (χ4v) is 2.80. The maximum atomic E-state index is 14.6. The zero-order chi connectivity index (χ0) is 16.7. The van der Waals surface area contributed by atoms with Gasteiger partial charge in [-0.3, -0.25) is 0 Å². The van der Waals surface area contributed by atoms with Gasteiger partial charge in [-0.05, 0) is 44.8 Å². The maximum absolute atomic E-state index is 14.6. The molecule has 1 saturated heterocycles. The van der Waals surface area contributed by atoms with E-state index < -0.39 is 30.1 Å². The van der Waals surface area contributed by atoms with Crippen LogP contribution in [-0.2, 0) is 19.4 Å². The average molecular weight is 373 g/mol. The first-order chi connectivity index (χ1) is 10.1. The molecule has 7 heteroatoms. The molecular formula is C15H19BBrFO4. The second-order valence-electron chi connectivity index (χ2n) is 6.21. The average Bonchev–Trinajstić information content (AvgIpc) is 2.66. The van der Waals surface area contributed by atoms with Crippen molar-refractivity contribution in [2.45, 2.75) is 44.2 Å². The normalized spacial score (nSPS) is 19.3. The molecule has 0 unspecified atom stereocenters. The Bertz CT molecular complexity index is 587. The Balaban J connectivity index is 2.46. The molecule has 0 amide bonds. The third-order valence-corrected chi connectivity index (χ3v) is 4.89. The highest BCUT2D eigenvalue weighted by molar-refractivity contribution is 9.08. The van der Waals surface area contributed by atoms with Crippen LogP contribution >= 0.6 is 15.9 Å². The van der Waals surface area contributed by atoms with E-state index in [2.05, 4.69) is 20.7 Å². The van der Waals surface area contributed by atoms with Crippen LogP contribution in [0.3, 0.4) is 0 Å². The first kappa shape index (κ1) is 17.4. The molecule has 0 radical (unpaired) electrons. The molecule has 0 N–H and O–H groups in total. The summed E-state index contributed by atoms with van der Waals surface area (Å²) in [6, 6.07) is 3.04. The molecule has 1 aromatic carbocycles. The molecule has 2 rings (SSSR count). The van der Waals surface area contributed by atoms with Crippen LogP contribution in [0, 0.1) is 5.82 Å². The Morgan fingerprint density at radius 2 is 1.82 bits per heavy atom. The number of hydrogen-bond acceptors (Lipinski definition) is 4. The fraction of sp³-hybridized carbons (Fsp3) is 0.533. The molecule has 120 valence electrons. The Morgan fingerprint density at radius 3 is 2.27 bits per heavy atom. The second-order valence-corrected chi connectivity index (χ2v) is 6.77. The molecular weight excluding hydrogens is 354 g/mol. The van der Waals surface area contributed by atoms with Gasteiger partial charge in [-0.1, -0.05) is 22.0 Å². The largest absolute Gasteiger partial charge is 0.495 e. The Hall–Kier alpha value is -0.915. The number of alkyl halides is 1. The fourth-order valence-electron chi connectivity index (χ4n) is 2.23. The standard InChI is InChI=1S/C15H19BBrFO4/c1-14(2)15(3,4)22-16(21-14)11-7-6-9(13(19)20-5)12(18)10(11)8-17/h6-7H,8H2,1-5H3. The van der Waals surface area contributed by atoms with Gasteiger partial charge in [-0.25, -0.2) is 9.18 Å². The van der Waals surface area contributed by atoms with Gasteiger partial charge in [0, 0.05) is 5.33 Å². The van der Waals surface area contributed by atoms with Crippen molar-refractivity contribution in [2.24, 2.45) is 0 Å². The summed E-state index contributed by atoms with van der Waals surface area (Å²) in [5.74, 6) is -1.32. The van der Waals surface area contributed by atoms with Crippen molar-refractivity contribution in [3.63, 3.8) is 0 Å². The highest BCUT2D eigenvalue weighted by Gasteiger charge is 2.52. The van der Waals surface area contributed by atoms with Crippen LogP contribution in [-0.4, -0.2) is 31.4 Å². The SMILES string of the molecule is COC(=O)c1ccc(B2OC(C)(C)C(C)(C)O2)c(CBr)c1F. The smallest absolute Gasteiger partial charge is 0.465 e. The maximum Gasteiger partial charge on any atom is 0.495 e. The Morgan fingerprint density at radius 1 is 1.27 bits per heavy atom. The van der Waals surface area contributed by atoms with Crippen LogP contribution in [0.5, 0.6) is 0 Å². The lowest BCUT2D eigenvalue weighted by atomic mass is 9.75. The highest BCUT2D eigenvalue weighted by atomic mass is 79.9. The van der Waals surface area contributed by atoms with Crippen molar-refractivity contribution in [3.05, 3.63) is 29.1 Å². The van der Waals surface area contributed by atoms with E-state index >= 15 is 0 Å². The predicted molar refractivity (Wildman–Crippen MR) is 86.1 cm³/mol. The second kappa shape index (κ2) is 5.94. The quantitative estimate of drug-likeness (QED) is 0.465. The molecule has 0 atom stereocenters. The summed E-state index contributed by atoms with van der Waals surface area (Å²) in [5, 5.41) is 0.239. The summed E-state index contributed by atoms with van der Waals surface area (Å²) in [4.78, 5) is 11.6. The zero-order valence-corrected chi connectivity index (χ0v) is 14.9. The van der Waals surface area contributed by atoms with Gasteiger partial charge in [0.2, 0.25) is 0 Å². The van der Waals surface area contributed by atoms with E-state index in [1.165, 1.54) is 13.2 Å². The van der Waals surface area contributed by atoms with E-state index in [4.69, 9.17) is 9.31 Å². The zero-order valence-electron chi connectivity index (χ0n) is 13.3. The third-order valence-electron chi connectivity index (χ3n) is 4.33. The van der Waals surface area contributed by atoms with Gasteiger partial charge in [0.15, 0.2) is 0 Å². The topological polar surface area (TPSA) is 44.8 Å². The lowest BCUT2D eigenvalue weighted by Crippen LogP contribution is -2.41. The molecule has 0 bridgehead atoms.